The second-order valence-electron chi connectivity index (χ2n) is 4.62. The molecule has 2 aromatic rings. The fraction of sp³-hybridized carbons (Fsp3) is 0.143. The molecule has 1 aromatic carbocycles. The van der Waals surface area contributed by atoms with Gasteiger partial charge in [0.1, 0.15) is 11.9 Å². The normalized spacial score (nSPS) is 13.2. The van der Waals surface area contributed by atoms with E-state index in [2.05, 4.69) is 16.0 Å². The quantitative estimate of drug-likeness (QED) is 0.877. The van der Waals surface area contributed by atoms with Gasteiger partial charge in [0.25, 0.3) is 0 Å². The van der Waals surface area contributed by atoms with Crippen molar-refractivity contribution < 1.29 is 0 Å². The molecule has 0 radical (unpaired) electrons. The number of nitrogen functional groups attached to an aromatic ring is 1. The predicted molar refractivity (Wildman–Crippen MR) is 79.7 cm³/mol. The third-order valence-electron chi connectivity index (χ3n) is 3.34. The van der Waals surface area contributed by atoms with Crippen LogP contribution in [0.5, 0.6) is 0 Å². The predicted octanol–water partition coefficient (Wildman–Crippen LogP) is 3.36. The minimum atomic E-state index is 0.275. The second-order valence-corrected chi connectivity index (χ2v) is 5.49. The maximum atomic E-state index is 9.20. The molecule has 0 saturated carbocycles. The molecule has 0 unspecified atom stereocenters. The van der Waals surface area contributed by atoms with Gasteiger partial charge in [-0.15, -0.1) is 0 Å². The van der Waals surface area contributed by atoms with E-state index in [4.69, 9.17) is 28.9 Å². The maximum absolute atomic E-state index is 9.20. The van der Waals surface area contributed by atoms with Gasteiger partial charge in [-0.05, 0) is 29.3 Å². The minimum Gasteiger partial charge on any atom is -0.383 e. The van der Waals surface area contributed by atoms with Crippen LogP contribution in [0.4, 0.5) is 11.5 Å². The summed E-state index contributed by atoms with van der Waals surface area (Å²) in [5, 5.41) is 10.4. The third kappa shape index (κ3) is 2.15. The lowest BCUT2D eigenvalue weighted by Crippen LogP contribution is -2.14. The van der Waals surface area contributed by atoms with Gasteiger partial charge in [-0.2, -0.15) is 5.26 Å². The molecule has 20 heavy (non-hydrogen) atoms. The van der Waals surface area contributed by atoms with E-state index < -0.39 is 0 Å². The first-order valence-corrected chi connectivity index (χ1v) is 6.71. The van der Waals surface area contributed by atoms with Crippen LogP contribution < -0.4 is 10.6 Å². The average Bonchev–Trinajstić information content (AvgIpc) is 2.81. The summed E-state index contributed by atoms with van der Waals surface area (Å²) in [6.07, 6.45) is 1.72. The lowest BCUT2D eigenvalue weighted by Gasteiger charge is -2.18. The molecule has 100 valence electrons. The summed E-state index contributed by atoms with van der Waals surface area (Å²) in [6, 6.07) is 7.51. The highest BCUT2D eigenvalue weighted by molar-refractivity contribution is 6.35. The summed E-state index contributed by atoms with van der Waals surface area (Å²) in [5.41, 5.74) is 9.05. The Labute approximate surface area is 126 Å². The molecule has 0 fully saturated rings. The van der Waals surface area contributed by atoms with Gasteiger partial charge >= 0.3 is 0 Å². The summed E-state index contributed by atoms with van der Waals surface area (Å²) in [6.45, 7) is 1.26. The molecular formula is C14H10Cl2N4. The molecule has 0 aliphatic carbocycles. The number of rotatable bonds is 1. The molecule has 1 aliphatic rings. The van der Waals surface area contributed by atoms with Gasteiger partial charge in [0, 0.05) is 35.0 Å². The lowest BCUT2D eigenvalue weighted by atomic mass is 10.1. The van der Waals surface area contributed by atoms with E-state index in [-0.39, 0.29) is 5.82 Å². The number of benzene rings is 1. The molecular weight excluding hydrogens is 295 g/mol. The number of nitrogens with two attached hydrogens (primary N) is 1. The van der Waals surface area contributed by atoms with Crippen LogP contribution in [-0.2, 0) is 13.1 Å². The van der Waals surface area contributed by atoms with E-state index in [9.17, 15) is 5.26 Å². The summed E-state index contributed by atoms with van der Waals surface area (Å²) < 4.78 is 0. The smallest absolute Gasteiger partial charge is 0.141 e. The third-order valence-corrected chi connectivity index (χ3v) is 3.78. The molecule has 4 nitrogen and oxygen atoms in total. The minimum absolute atomic E-state index is 0.275. The van der Waals surface area contributed by atoms with Gasteiger partial charge in [-0.1, -0.05) is 23.2 Å². The Balaban J connectivity index is 2.00. The van der Waals surface area contributed by atoms with Gasteiger partial charge in [-0.25, -0.2) is 4.98 Å². The summed E-state index contributed by atoms with van der Waals surface area (Å²) in [7, 11) is 0. The molecule has 2 N–H and O–H groups in total. The fourth-order valence-electron chi connectivity index (χ4n) is 2.40. The molecule has 1 aliphatic heterocycles. The zero-order valence-electron chi connectivity index (χ0n) is 10.4. The number of nitrogens with zero attached hydrogens (tertiary/aromatic N) is 3. The number of hydrogen-bond acceptors (Lipinski definition) is 4. The molecule has 3 rings (SSSR count). The van der Waals surface area contributed by atoms with Crippen LogP contribution in [0, 0.1) is 11.3 Å². The topological polar surface area (TPSA) is 65.9 Å². The van der Waals surface area contributed by atoms with Crippen LogP contribution >= 0.6 is 23.2 Å². The Kier molecular flexibility index (Phi) is 3.17. The SMILES string of the molecule is N#Cc1c(N)ncc2c1CN(c1cc(Cl)cc(Cl)c1)C2. The Morgan fingerprint density at radius 3 is 2.55 bits per heavy atom. The molecule has 0 bridgehead atoms. The maximum Gasteiger partial charge on any atom is 0.141 e. The van der Waals surface area contributed by atoms with Crippen LogP contribution in [0.2, 0.25) is 10.0 Å². The molecule has 0 spiro atoms. The Hall–Kier alpha value is -1.96. The first-order valence-electron chi connectivity index (χ1n) is 5.96. The van der Waals surface area contributed by atoms with E-state index in [0.717, 1.165) is 16.8 Å². The standard InChI is InChI=1S/C14H10Cl2N4/c15-9-1-10(16)3-11(2-9)20-6-8-5-19-14(18)12(4-17)13(8)7-20/h1-3,5H,6-7H2,(H2,18,19). The largest absolute Gasteiger partial charge is 0.383 e. The number of pyridine rings is 1. The summed E-state index contributed by atoms with van der Waals surface area (Å²) in [4.78, 5) is 6.15. The van der Waals surface area contributed by atoms with Crippen LogP contribution in [0.1, 0.15) is 16.7 Å². The number of nitriles is 1. The van der Waals surface area contributed by atoms with Gasteiger partial charge < -0.3 is 10.6 Å². The van der Waals surface area contributed by atoms with Crippen molar-refractivity contribution in [2.75, 3.05) is 10.6 Å². The lowest BCUT2D eigenvalue weighted by molar-refractivity contribution is 0.879. The van der Waals surface area contributed by atoms with Crippen LogP contribution in [0.25, 0.3) is 0 Å². The molecule has 1 aromatic heterocycles. The zero-order chi connectivity index (χ0) is 14.3. The summed E-state index contributed by atoms with van der Waals surface area (Å²) >= 11 is 12.1. The van der Waals surface area contributed by atoms with Crippen molar-refractivity contribution in [3.05, 3.63) is 51.1 Å². The van der Waals surface area contributed by atoms with Crippen LogP contribution in [0.3, 0.4) is 0 Å². The van der Waals surface area contributed by atoms with Crippen LogP contribution in [-0.4, -0.2) is 4.98 Å². The fourth-order valence-corrected chi connectivity index (χ4v) is 2.92. The van der Waals surface area contributed by atoms with Crippen LogP contribution in [0.15, 0.2) is 24.4 Å². The molecule has 2 heterocycles. The molecule has 6 heteroatoms. The first kappa shape index (κ1) is 13.0. The van der Waals surface area contributed by atoms with E-state index in [1.165, 1.54) is 0 Å². The number of fused-ring (bicyclic) bond motifs is 1. The van der Waals surface area contributed by atoms with E-state index in [1.54, 1.807) is 12.3 Å². The average molecular weight is 305 g/mol. The number of hydrogen-bond donors (Lipinski definition) is 1. The van der Waals surface area contributed by atoms with Crippen molar-refractivity contribution in [1.82, 2.24) is 4.98 Å². The van der Waals surface area contributed by atoms with Crippen molar-refractivity contribution in [1.29, 1.82) is 5.26 Å². The van der Waals surface area contributed by atoms with Crippen molar-refractivity contribution in [3.8, 4) is 6.07 Å². The van der Waals surface area contributed by atoms with Gasteiger partial charge in [0.05, 0.1) is 5.56 Å². The second kappa shape index (κ2) is 4.86. The Morgan fingerprint density at radius 1 is 1.20 bits per heavy atom. The number of anilines is 2. The highest BCUT2D eigenvalue weighted by Gasteiger charge is 2.24. The number of aromatic nitrogens is 1. The Bertz CT molecular complexity index is 716. The first-order chi connectivity index (χ1) is 9.58. The van der Waals surface area contributed by atoms with E-state index >= 15 is 0 Å². The monoisotopic (exact) mass is 304 g/mol. The number of halogens is 2. The van der Waals surface area contributed by atoms with Gasteiger partial charge in [0.15, 0.2) is 0 Å². The molecule has 0 atom stereocenters. The highest BCUT2D eigenvalue weighted by atomic mass is 35.5. The zero-order valence-corrected chi connectivity index (χ0v) is 11.9. The van der Waals surface area contributed by atoms with Gasteiger partial charge in [-0.3, -0.25) is 0 Å². The molecule has 0 saturated heterocycles. The van der Waals surface area contributed by atoms with Crippen molar-refractivity contribution in [2.45, 2.75) is 13.1 Å². The highest BCUT2D eigenvalue weighted by Crippen LogP contribution is 2.34. The van der Waals surface area contributed by atoms with Crippen molar-refractivity contribution in [3.63, 3.8) is 0 Å². The van der Waals surface area contributed by atoms with E-state index in [1.807, 2.05) is 12.1 Å². The molecule has 0 amide bonds. The van der Waals surface area contributed by atoms with Crippen molar-refractivity contribution in [2.24, 2.45) is 0 Å². The summed E-state index contributed by atoms with van der Waals surface area (Å²) in [5.74, 6) is 0.275. The van der Waals surface area contributed by atoms with Crippen molar-refractivity contribution >= 4 is 34.7 Å². The Morgan fingerprint density at radius 2 is 1.90 bits per heavy atom. The van der Waals surface area contributed by atoms with E-state index in [0.29, 0.717) is 28.7 Å². The van der Waals surface area contributed by atoms with Gasteiger partial charge in [0.2, 0.25) is 0 Å².